The topological polar surface area (TPSA) is 76.4 Å². The molecule has 1 aliphatic heterocycles. The SMILES string of the molecule is Cc1c(CN2CCN(C(=O)C3CCCC3)C(C)C2)cc(F)cc1NC(=O)c1cccc(C#N)c1. The number of halogens is 1. The summed E-state index contributed by atoms with van der Waals surface area (Å²) in [5.74, 6) is -0.328. The van der Waals surface area contributed by atoms with Crippen molar-refractivity contribution in [2.75, 3.05) is 25.0 Å². The first-order valence-electron chi connectivity index (χ1n) is 12.0. The van der Waals surface area contributed by atoms with Crippen LogP contribution >= 0.6 is 0 Å². The molecule has 1 saturated carbocycles. The molecule has 0 spiro atoms. The van der Waals surface area contributed by atoms with Crippen LogP contribution in [0.4, 0.5) is 10.1 Å². The van der Waals surface area contributed by atoms with Crippen molar-refractivity contribution in [2.45, 2.75) is 52.1 Å². The molecule has 1 saturated heterocycles. The molecule has 1 atom stereocenters. The Morgan fingerprint density at radius 1 is 1.18 bits per heavy atom. The van der Waals surface area contributed by atoms with Gasteiger partial charge in [0.25, 0.3) is 5.91 Å². The van der Waals surface area contributed by atoms with E-state index in [4.69, 9.17) is 5.26 Å². The molecular formula is C27H31FN4O2. The predicted molar refractivity (Wildman–Crippen MR) is 129 cm³/mol. The summed E-state index contributed by atoms with van der Waals surface area (Å²) in [6, 6.07) is 11.4. The van der Waals surface area contributed by atoms with Crippen LogP contribution in [0.5, 0.6) is 0 Å². The van der Waals surface area contributed by atoms with Crippen molar-refractivity contribution in [2.24, 2.45) is 5.92 Å². The average molecular weight is 463 g/mol. The smallest absolute Gasteiger partial charge is 0.255 e. The van der Waals surface area contributed by atoms with E-state index in [0.717, 1.165) is 49.9 Å². The lowest BCUT2D eigenvalue weighted by atomic mass is 10.0. The lowest BCUT2D eigenvalue weighted by Crippen LogP contribution is -2.54. The number of anilines is 1. The van der Waals surface area contributed by atoms with Gasteiger partial charge in [-0.2, -0.15) is 5.26 Å². The van der Waals surface area contributed by atoms with Gasteiger partial charge in [-0.3, -0.25) is 14.5 Å². The molecule has 4 rings (SSSR count). The van der Waals surface area contributed by atoms with E-state index < -0.39 is 5.82 Å². The van der Waals surface area contributed by atoms with Crippen molar-refractivity contribution >= 4 is 17.5 Å². The monoisotopic (exact) mass is 462 g/mol. The fourth-order valence-electron chi connectivity index (χ4n) is 5.11. The number of hydrogen-bond donors (Lipinski definition) is 1. The third-order valence-corrected chi connectivity index (χ3v) is 7.08. The lowest BCUT2D eigenvalue weighted by molar-refractivity contribution is -0.140. The fraction of sp³-hybridized carbons (Fsp3) is 0.444. The molecule has 178 valence electrons. The molecule has 2 aromatic carbocycles. The van der Waals surface area contributed by atoms with Crippen molar-refractivity contribution in [1.82, 2.24) is 9.80 Å². The summed E-state index contributed by atoms with van der Waals surface area (Å²) < 4.78 is 14.5. The fourth-order valence-corrected chi connectivity index (χ4v) is 5.11. The molecule has 0 aromatic heterocycles. The van der Waals surface area contributed by atoms with Crippen molar-refractivity contribution in [1.29, 1.82) is 5.26 Å². The summed E-state index contributed by atoms with van der Waals surface area (Å²) >= 11 is 0. The lowest BCUT2D eigenvalue weighted by Gasteiger charge is -2.41. The maximum atomic E-state index is 14.5. The second-order valence-electron chi connectivity index (χ2n) is 9.48. The summed E-state index contributed by atoms with van der Waals surface area (Å²) in [5.41, 5.74) is 2.78. The van der Waals surface area contributed by atoms with Gasteiger partial charge in [0.1, 0.15) is 5.82 Å². The molecule has 2 aromatic rings. The van der Waals surface area contributed by atoms with Crippen LogP contribution in [-0.2, 0) is 11.3 Å². The normalized spacial score (nSPS) is 19.1. The van der Waals surface area contributed by atoms with E-state index in [-0.39, 0.29) is 23.8 Å². The number of benzene rings is 2. The van der Waals surface area contributed by atoms with E-state index in [1.165, 1.54) is 18.2 Å². The molecule has 7 heteroatoms. The van der Waals surface area contributed by atoms with Crippen LogP contribution in [0.25, 0.3) is 0 Å². The Kier molecular flexibility index (Phi) is 7.28. The molecule has 1 aliphatic carbocycles. The molecule has 2 amide bonds. The first kappa shape index (κ1) is 23.9. The summed E-state index contributed by atoms with van der Waals surface area (Å²) in [6.45, 7) is 6.66. The minimum atomic E-state index is -0.412. The van der Waals surface area contributed by atoms with Gasteiger partial charge in [-0.25, -0.2) is 4.39 Å². The number of hydrogen-bond acceptors (Lipinski definition) is 4. The van der Waals surface area contributed by atoms with Crippen LogP contribution in [-0.4, -0.2) is 47.3 Å². The number of nitriles is 1. The zero-order valence-corrected chi connectivity index (χ0v) is 19.8. The third kappa shape index (κ3) is 5.28. The number of carbonyl (C=O) groups is 2. The van der Waals surface area contributed by atoms with E-state index >= 15 is 0 Å². The highest BCUT2D eigenvalue weighted by Crippen LogP contribution is 2.29. The van der Waals surface area contributed by atoms with Gasteiger partial charge in [0, 0.05) is 49.4 Å². The van der Waals surface area contributed by atoms with Crippen LogP contribution in [0.2, 0.25) is 0 Å². The Morgan fingerprint density at radius 3 is 2.65 bits per heavy atom. The zero-order chi connectivity index (χ0) is 24.2. The maximum absolute atomic E-state index is 14.5. The van der Waals surface area contributed by atoms with Gasteiger partial charge in [-0.05, 0) is 68.1 Å². The molecule has 2 fully saturated rings. The number of amides is 2. The summed E-state index contributed by atoms with van der Waals surface area (Å²) in [6.07, 6.45) is 4.30. The van der Waals surface area contributed by atoms with Gasteiger partial charge in [0.2, 0.25) is 5.91 Å². The van der Waals surface area contributed by atoms with Gasteiger partial charge in [0.15, 0.2) is 0 Å². The van der Waals surface area contributed by atoms with Gasteiger partial charge in [-0.1, -0.05) is 18.9 Å². The van der Waals surface area contributed by atoms with Gasteiger partial charge >= 0.3 is 0 Å². The van der Waals surface area contributed by atoms with Crippen molar-refractivity contribution in [3.8, 4) is 6.07 Å². The summed E-state index contributed by atoms with van der Waals surface area (Å²) in [5, 5.41) is 11.9. The van der Waals surface area contributed by atoms with Crippen LogP contribution < -0.4 is 5.32 Å². The maximum Gasteiger partial charge on any atom is 0.255 e. The largest absolute Gasteiger partial charge is 0.337 e. The van der Waals surface area contributed by atoms with Crippen molar-refractivity contribution in [3.05, 3.63) is 64.5 Å². The third-order valence-electron chi connectivity index (χ3n) is 7.08. The molecule has 1 heterocycles. The van der Waals surface area contributed by atoms with Gasteiger partial charge in [-0.15, -0.1) is 0 Å². The first-order valence-corrected chi connectivity index (χ1v) is 12.0. The quantitative estimate of drug-likeness (QED) is 0.711. The second kappa shape index (κ2) is 10.4. The van der Waals surface area contributed by atoms with E-state index in [1.54, 1.807) is 18.2 Å². The van der Waals surface area contributed by atoms with Crippen molar-refractivity contribution < 1.29 is 14.0 Å². The molecule has 1 N–H and O–H groups in total. The molecule has 0 bridgehead atoms. The Labute approximate surface area is 200 Å². The second-order valence-corrected chi connectivity index (χ2v) is 9.48. The number of nitrogens with zero attached hydrogens (tertiary/aromatic N) is 3. The van der Waals surface area contributed by atoms with Crippen LogP contribution in [0.3, 0.4) is 0 Å². The number of carbonyl (C=O) groups excluding carboxylic acids is 2. The van der Waals surface area contributed by atoms with E-state index in [2.05, 4.69) is 17.1 Å². The molecule has 0 radical (unpaired) electrons. The predicted octanol–water partition coefficient (Wildman–Crippen LogP) is 4.48. The van der Waals surface area contributed by atoms with Gasteiger partial charge in [0.05, 0.1) is 11.6 Å². The highest BCUT2D eigenvalue weighted by molar-refractivity contribution is 6.04. The standard InChI is InChI=1S/C27H31FN4O2/c1-18-16-31(10-11-32(18)27(34)21-7-3-4-8-21)17-23-13-24(28)14-25(19(23)2)30-26(33)22-9-5-6-20(12-22)15-29/h5-6,9,12-14,18,21H,3-4,7-8,10-11,16-17H2,1-2H3,(H,30,33). The number of nitrogens with one attached hydrogen (secondary N) is 1. The van der Waals surface area contributed by atoms with E-state index in [9.17, 15) is 14.0 Å². The molecule has 2 aliphatic rings. The summed E-state index contributed by atoms with van der Waals surface area (Å²) in [4.78, 5) is 29.8. The molecule has 1 unspecified atom stereocenters. The summed E-state index contributed by atoms with van der Waals surface area (Å²) in [7, 11) is 0. The minimum absolute atomic E-state index is 0.113. The van der Waals surface area contributed by atoms with E-state index in [1.807, 2.05) is 17.9 Å². The highest BCUT2D eigenvalue weighted by Gasteiger charge is 2.33. The first-order chi connectivity index (χ1) is 16.4. The van der Waals surface area contributed by atoms with Crippen LogP contribution in [0, 0.1) is 30.0 Å². The molecule has 34 heavy (non-hydrogen) atoms. The Hall–Kier alpha value is -3.24. The number of piperazine rings is 1. The highest BCUT2D eigenvalue weighted by atomic mass is 19.1. The van der Waals surface area contributed by atoms with Crippen LogP contribution in [0.1, 0.15) is 59.7 Å². The minimum Gasteiger partial charge on any atom is -0.337 e. The van der Waals surface area contributed by atoms with Crippen molar-refractivity contribution in [3.63, 3.8) is 0 Å². The molecule has 6 nitrogen and oxygen atoms in total. The molecular weight excluding hydrogens is 431 g/mol. The van der Waals surface area contributed by atoms with Gasteiger partial charge < -0.3 is 10.2 Å². The Morgan fingerprint density at radius 2 is 1.94 bits per heavy atom. The number of rotatable bonds is 5. The Balaban J connectivity index is 1.43. The van der Waals surface area contributed by atoms with E-state index in [0.29, 0.717) is 29.9 Å². The zero-order valence-electron chi connectivity index (χ0n) is 19.8. The average Bonchev–Trinajstić information content (AvgIpc) is 3.37. The Bertz CT molecular complexity index is 1120. The van der Waals surface area contributed by atoms with Crippen LogP contribution in [0.15, 0.2) is 36.4 Å².